The molecule has 8 nitrogen and oxygen atoms in total. The quantitative estimate of drug-likeness (QED) is 0.274. The number of nitrogens with one attached hydrogen (secondary N) is 1. The van der Waals surface area contributed by atoms with Crippen molar-refractivity contribution in [2.24, 2.45) is 11.6 Å². The molecule has 0 aliphatic rings. The molecule has 0 spiro atoms. The van der Waals surface area contributed by atoms with Crippen LogP contribution in [-0.2, 0) is 6.54 Å². The summed E-state index contributed by atoms with van der Waals surface area (Å²) in [6.07, 6.45) is 3.02. The van der Waals surface area contributed by atoms with Crippen LogP contribution < -0.4 is 22.6 Å². The summed E-state index contributed by atoms with van der Waals surface area (Å²) in [6, 6.07) is 13.0. The van der Waals surface area contributed by atoms with E-state index in [2.05, 4.69) is 10.3 Å². The number of aliphatic hydroxyl groups is 1. The van der Waals surface area contributed by atoms with Crippen LogP contribution in [0.25, 0.3) is 16.8 Å². The molecule has 0 saturated carbocycles. The zero-order chi connectivity index (χ0) is 24.5. The zero-order valence-corrected chi connectivity index (χ0v) is 19.0. The lowest BCUT2D eigenvalue weighted by Crippen LogP contribution is -2.23. The smallest absolute Gasteiger partial charge is 0.254 e. The number of halogens is 2. The standard InChI is InChI=1S/C22H22ClFN6O.CH4O/c1-30(27)12-20(25)15-8-18(21(26)28-11-15)14-5-6-17(19(24)9-14)22(31)29-10-13-3-2-4-16(23)7-13;1-2/h2-9,11-12H,10,25,27H2,1H3,(H2,26,28)(H,29,31);2H,1H3/b20-12-;. The normalized spacial score (nSPS) is 10.8. The van der Waals surface area contributed by atoms with Crippen molar-refractivity contribution >= 4 is 29.0 Å². The van der Waals surface area contributed by atoms with Gasteiger partial charge in [0, 0.05) is 49.2 Å². The maximum Gasteiger partial charge on any atom is 0.254 e. The van der Waals surface area contributed by atoms with Gasteiger partial charge < -0.3 is 26.9 Å². The molecule has 0 unspecified atom stereocenters. The van der Waals surface area contributed by atoms with Crippen LogP contribution in [0, 0.1) is 5.82 Å². The van der Waals surface area contributed by atoms with Crippen LogP contribution in [0.15, 0.2) is 60.9 Å². The molecule has 0 atom stereocenters. The number of hydrogen-bond acceptors (Lipinski definition) is 7. The third kappa shape index (κ3) is 6.91. The fourth-order valence-corrected chi connectivity index (χ4v) is 3.16. The van der Waals surface area contributed by atoms with Gasteiger partial charge in [0.1, 0.15) is 11.6 Å². The molecule has 0 saturated heterocycles. The van der Waals surface area contributed by atoms with Crippen molar-refractivity contribution in [1.29, 1.82) is 0 Å². The number of anilines is 1. The van der Waals surface area contributed by atoms with Gasteiger partial charge in [-0.1, -0.05) is 29.8 Å². The van der Waals surface area contributed by atoms with Crippen LogP contribution in [0.4, 0.5) is 10.2 Å². The van der Waals surface area contributed by atoms with E-state index in [1.165, 1.54) is 29.5 Å². The van der Waals surface area contributed by atoms with Crippen LogP contribution in [0.1, 0.15) is 21.5 Å². The van der Waals surface area contributed by atoms with Crippen molar-refractivity contribution in [1.82, 2.24) is 15.3 Å². The Bertz CT molecular complexity index is 1150. The third-order valence-electron chi connectivity index (χ3n) is 4.46. The van der Waals surface area contributed by atoms with Crippen molar-refractivity contribution in [3.8, 4) is 11.1 Å². The number of carbonyl (C=O) groups is 1. The first-order valence-corrected chi connectivity index (χ1v) is 10.1. The SMILES string of the molecule is CN(N)/C=C(\N)c1cnc(N)c(-c2ccc(C(=O)NCc3cccc(Cl)c3)c(F)c2)c1.CO. The van der Waals surface area contributed by atoms with Gasteiger partial charge in [0.15, 0.2) is 0 Å². The van der Waals surface area contributed by atoms with Crippen molar-refractivity contribution in [2.45, 2.75) is 6.54 Å². The van der Waals surface area contributed by atoms with E-state index < -0.39 is 11.7 Å². The highest BCUT2D eigenvalue weighted by atomic mass is 35.5. The summed E-state index contributed by atoms with van der Waals surface area (Å²) < 4.78 is 14.7. The Balaban J connectivity index is 0.00000187. The predicted molar refractivity (Wildman–Crippen MR) is 129 cm³/mol. The molecule has 0 radical (unpaired) electrons. The molecule has 0 bridgehead atoms. The minimum Gasteiger partial charge on any atom is -0.400 e. The van der Waals surface area contributed by atoms with E-state index in [4.69, 9.17) is 34.0 Å². The molecule has 1 aromatic heterocycles. The summed E-state index contributed by atoms with van der Waals surface area (Å²) in [5.41, 5.74) is 14.6. The molecule has 2 aromatic carbocycles. The summed E-state index contributed by atoms with van der Waals surface area (Å²) in [5, 5.41) is 11.5. The predicted octanol–water partition coefficient (Wildman–Crippen LogP) is 2.72. The average Bonchev–Trinajstić information content (AvgIpc) is 2.78. The second-order valence-electron chi connectivity index (χ2n) is 6.91. The fraction of sp³-hybridized carbons (Fsp3) is 0.130. The Labute approximate surface area is 196 Å². The fourth-order valence-electron chi connectivity index (χ4n) is 2.95. The minimum absolute atomic E-state index is 0.0855. The van der Waals surface area contributed by atoms with Gasteiger partial charge in [-0.05, 0) is 41.5 Å². The van der Waals surface area contributed by atoms with Crippen LogP contribution in [-0.4, -0.2) is 35.2 Å². The van der Waals surface area contributed by atoms with Gasteiger partial charge >= 0.3 is 0 Å². The van der Waals surface area contributed by atoms with Crippen molar-refractivity contribution in [3.05, 3.63) is 88.5 Å². The Morgan fingerprint density at radius 2 is 1.97 bits per heavy atom. The molecular weight excluding hydrogens is 447 g/mol. The number of nitrogens with zero attached hydrogens (tertiary/aromatic N) is 2. The average molecular weight is 473 g/mol. The van der Waals surface area contributed by atoms with Crippen LogP contribution in [0.5, 0.6) is 0 Å². The molecule has 0 fully saturated rings. The van der Waals surface area contributed by atoms with Crippen LogP contribution in [0.2, 0.25) is 5.02 Å². The maximum absolute atomic E-state index is 14.7. The van der Waals surface area contributed by atoms with E-state index >= 15 is 0 Å². The number of hydrazine groups is 1. The van der Waals surface area contributed by atoms with E-state index in [9.17, 15) is 9.18 Å². The summed E-state index contributed by atoms with van der Waals surface area (Å²) in [5.74, 6) is 4.56. The molecule has 8 N–H and O–H groups in total. The summed E-state index contributed by atoms with van der Waals surface area (Å²) in [7, 11) is 2.63. The highest BCUT2D eigenvalue weighted by Gasteiger charge is 2.15. The number of nitrogens with two attached hydrogens (primary N) is 3. The molecule has 33 heavy (non-hydrogen) atoms. The first-order chi connectivity index (χ1) is 15.7. The van der Waals surface area contributed by atoms with Gasteiger partial charge in [-0.15, -0.1) is 0 Å². The highest BCUT2D eigenvalue weighted by molar-refractivity contribution is 6.30. The molecule has 1 amide bonds. The second-order valence-corrected chi connectivity index (χ2v) is 7.35. The lowest BCUT2D eigenvalue weighted by molar-refractivity contribution is 0.0947. The van der Waals surface area contributed by atoms with Gasteiger partial charge in [-0.25, -0.2) is 15.2 Å². The van der Waals surface area contributed by atoms with Crippen molar-refractivity contribution < 1.29 is 14.3 Å². The first kappa shape index (κ1) is 25.6. The summed E-state index contributed by atoms with van der Waals surface area (Å²) in [6.45, 7) is 0.223. The lowest BCUT2D eigenvalue weighted by atomic mass is 10.0. The number of nitrogen functional groups attached to an aromatic ring is 1. The molecule has 1 heterocycles. The number of amides is 1. The monoisotopic (exact) mass is 472 g/mol. The molecule has 174 valence electrons. The van der Waals surface area contributed by atoms with Crippen molar-refractivity contribution in [2.75, 3.05) is 19.9 Å². The maximum atomic E-state index is 14.7. The zero-order valence-electron chi connectivity index (χ0n) is 18.2. The Morgan fingerprint density at radius 3 is 2.61 bits per heavy atom. The highest BCUT2D eigenvalue weighted by Crippen LogP contribution is 2.28. The van der Waals surface area contributed by atoms with E-state index in [0.717, 1.165) is 12.7 Å². The topological polar surface area (TPSA) is 144 Å². The van der Waals surface area contributed by atoms with Crippen molar-refractivity contribution in [3.63, 3.8) is 0 Å². The molecular formula is C23H26ClFN6O2. The number of pyridine rings is 1. The molecule has 0 aliphatic carbocycles. The molecule has 10 heteroatoms. The Kier molecular flexibility index (Phi) is 9.17. The second kappa shape index (κ2) is 11.8. The molecule has 3 aromatic rings. The number of hydrogen-bond donors (Lipinski definition) is 5. The summed E-state index contributed by atoms with van der Waals surface area (Å²) >= 11 is 5.94. The minimum atomic E-state index is -0.684. The number of aliphatic hydroxyl groups excluding tert-OH is 1. The number of aromatic nitrogens is 1. The molecule has 0 aliphatic heterocycles. The van der Waals surface area contributed by atoms with E-state index in [1.807, 2.05) is 6.07 Å². The van der Waals surface area contributed by atoms with Crippen LogP contribution >= 0.6 is 11.6 Å². The molecule has 3 rings (SSSR count). The number of carbonyl (C=O) groups excluding carboxylic acids is 1. The number of benzene rings is 2. The first-order valence-electron chi connectivity index (χ1n) is 9.72. The van der Waals surface area contributed by atoms with E-state index in [1.54, 1.807) is 37.4 Å². The van der Waals surface area contributed by atoms with E-state index in [-0.39, 0.29) is 17.9 Å². The lowest BCUT2D eigenvalue weighted by Gasteiger charge is -2.12. The van der Waals surface area contributed by atoms with Gasteiger partial charge in [0.05, 0.1) is 11.3 Å². The Hall–Kier alpha value is -3.66. The van der Waals surface area contributed by atoms with Crippen LogP contribution in [0.3, 0.4) is 0 Å². The van der Waals surface area contributed by atoms with E-state index in [0.29, 0.717) is 27.4 Å². The number of rotatable bonds is 6. The third-order valence-corrected chi connectivity index (χ3v) is 4.70. The largest absolute Gasteiger partial charge is 0.400 e. The van der Waals surface area contributed by atoms with Gasteiger partial charge in [-0.3, -0.25) is 4.79 Å². The van der Waals surface area contributed by atoms with Gasteiger partial charge in [0.25, 0.3) is 5.91 Å². The van der Waals surface area contributed by atoms with Gasteiger partial charge in [-0.2, -0.15) is 0 Å². The summed E-state index contributed by atoms with van der Waals surface area (Å²) in [4.78, 5) is 16.5. The Morgan fingerprint density at radius 1 is 1.24 bits per heavy atom. The van der Waals surface area contributed by atoms with Gasteiger partial charge in [0.2, 0.25) is 0 Å².